The molecule has 0 fully saturated rings. The van der Waals surface area contributed by atoms with Crippen molar-refractivity contribution in [2.24, 2.45) is 0 Å². The molecule has 5 heteroatoms. The van der Waals surface area contributed by atoms with Gasteiger partial charge in [-0.25, -0.2) is 0 Å². The molecule has 2 heterocycles. The minimum Gasteiger partial charge on any atom is -0.452 e. The van der Waals surface area contributed by atoms with Gasteiger partial charge in [0.15, 0.2) is 0 Å². The van der Waals surface area contributed by atoms with Gasteiger partial charge >= 0.3 is 0 Å². The van der Waals surface area contributed by atoms with E-state index in [1.54, 1.807) is 18.5 Å². The molecular formula is C8H7N3SY-2. The molecule has 0 amide bonds. The van der Waals surface area contributed by atoms with Gasteiger partial charge in [0.05, 0.1) is 0 Å². The number of thiazole rings is 1. The average Bonchev–Trinajstić information content (AvgIpc) is 2.60. The van der Waals surface area contributed by atoms with Crippen LogP contribution in [-0.4, -0.2) is 9.97 Å². The van der Waals surface area contributed by atoms with Gasteiger partial charge in [0.1, 0.15) is 0 Å². The van der Waals surface area contributed by atoms with Crippen molar-refractivity contribution in [1.82, 2.24) is 9.97 Å². The molecule has 1 radical (unpaired) electrons. The smallest absolute Gasteiger partial charge is 0.0216 e. The topological polar surface area (TPSA) is 51.8 Å². The molecule has 2 rings (SSSR count). The number of rotatable bonds is 0. The summed E-state index contributed by atoms with van der Waals surface area (Å²) in [5.74, 6) is 0. The van der Waals surface area contributed by atoms with E-state index in [1.165, 1.54) is 11.3 Å². The third-order valence-electron chi connectivity index (χ3n) is 0.925. The predicted octanol–water partition coefficient (Wildman–Crippen LogP) is 1.40. The maximum atomic E-state index is 5.15. The van der Waals surface area contributed by atoms with Gasteiger partial charge in [-0.05, 0) is 0 Å². The first kappa shape index (κ1) is 12.7. The maximum absolute atomic E-state index is 5.15. The van der Waals surface area contributed by atoms with Crippen molar-refractivity contribution in [3.05, 3.63) is 42.2 Å². The molecule has 0 spiro atoms. The van der Waals surface area contributed by atoms with Crippen LogP contribution in [0.5, 0.6) is 0 Å². The van der Waals surface area contributed by atoms with Crippen LogP contribution in [0.3, 0.4) is 0 Å². The Labute approximate surface area is 106 Å². The molecule has 0 bridgehead atoms. The van der Waals surface area contributed by atoms with Crippen LogP contribution in [-0.2, 0) is 32.7 Å². The van der Waals surface area contributed by atoms with Crippen molar-refractivity contribution < 1.29 is 32.7 Å². The first-order valence-electron chi connectivity index (χ1n) is 3.24. The molecule has 0 saturated heterocycles. The molecule has 0 atom stereocenters. The Morgan fingerprint density at radius 1 is 1.38 bits per heavy atom. The number of pyridine rings is 1. The molecule has 2 aromatic heterocycles. The fourth-order valence-corrected chi connectivity index (χ4v) is 0.812. The Hall–Kier alpha value is -0.316. The van der Waals surface area contributed by atoms with Crippen LogP contribution in [0.15, 0.2) is 30.6 Å². The SMILES string of the molecule is Nc1nc[c-]s1.[Y].[c-]1ccccn1. The van der Waals surface area contributed by atoms with Gasteiger partial charge in [0, 0.05) is 37.8 Å². The van der Waals surface area contributed by atoms with E-state index in [-0.39, 0.29) is 32.7 Å². The van der Waals surface area contributed by atoms with Crippen LogP contribution in [0.2, 0.25) is 0 Å². The van der Waals surface area contributed by atoms with Crippen LogP contribution < -0.4 is 5.73 Å². The molecule has 0 unspecified atom stereocenters. The minimum absolute atomic E-state index is 0. The molecule has 0 aliphatic heterocycles. The molecule has 0 aromatic carbocycles. The summed E-state index contributed by atoms with van der Waals surface area (Å²) in [6.07, 6.45) is 5.89. The number of hydrogen-bond donors (Lipinski definition) is 1. The molecule has 13 heavy (non-hydrogen) atoms. The van der Waals surface area contributed by atoms with E-state index < -0.39 is 0 Å². The largest absolute Gasteiger partial charge is 0.452 e. The Balaban J connectivity index is 0.000000206. The monoisotopic (exact) mass is 266 g/mol. The number of aromatic nitrogens is 2. The van der Waals surface area contributed by atoms with Gasteiger partial charge in [-0.2, -0.15) is 23.6 Å². The first-order chi connectivity index (χ1) is 5.89. The van der Waals surface area contributed by atoms with Crippen molar-refractivity contribution in [3.8, 4) is 0 Å². The molecule has 0 aliphatic carbocycles. The number of nitrogens with two attached hydrogens (primary N) is 1. The zero-order valence-corrected chi connectivity index (χ0v) is 10.5. The normalized spacial score (nSPS) is 7.69. The zero-order valence-electron chi connectivity index (χ0n) is 6.84. The van der Waals surface area contributed by atoms with Crippen molar-refractivity contribution >= 4 is 16.5 Å². The second kappa shape index (κ2) is 8.29. The quantitative estimate of drug-likeness (QED) is 0.733. The molecule has 65 valence electrons. The van der Waals surface area contributed by atoms with Crippen LogP contribution >= 0.6 is 11.3 Å². The fraction of sp³-hybridized carbons (Fsp3) is 0. The van der Waals surface area contributed by atoms with Crippen molar-refractivity contribution in [1.29, 1.82) is 0 Å². The summed E-state index contributed by atoms with van der Waals surface area (Å²) in [7, 11) is 0. The van der Waals surface area contributed by atoms with E-state index in [4.69, 9.17) is 5.73 Å². The molecule has 2 aromatic rings. The third-order valence-corrected chi connectivity index (χ3v) is 1.46. The third kappa shape index (κ3) is 6.81. The van der Waals surface area contributed by atoms with Gasteiger partial charge in [0.2, 0.25) is 0 Å². The zero-order chi connectivity index (χ0) is 8.65. The number of nitrogen functional groups attached to an aromatic ring is 1. The summed E-state index contributed by atoms with van der Waals surface area (Å²) in [6, 6.07) is 5.50. The molecule has 0 aliphatic rings. The summed E-state index contributed by atoms with van der Waals surface area (Å²) in [6.45, 7) is 0. The van der Waals surface area contributed by atoms with Crippen LogP contribution in [0, 0.1) is 11.6 Å². The maximum Gasteiger partial charge on any atom is 0.0216 e. The number of nitrogens with zero attached hydrogens (tertiary/aromatic N) is 2. The van der Waals surface area contributed by atoms with Crippen molar-refractivity contribution in [2.45, 2.75) is 0 Å². The Morgan fingerprint density at radius 3 is 2.38 bits per heavy atom. The van der Waals surface area contributed by atoms with Gasteiger partial charge in [-0.3, -0.25) is 0 Å². The van der Waals surface area contributed by atoms with Crippen molar-refractivity contribution in [3.63, 3.8) is 0 Å². The van der Waals surface area contributed by atoms with Gasteiger partial charge in [0.25, 0.3) is 0 Å². The Kier molecular flexibility index (Phi) is 8.09. The van der Waals surface area contributed by atoms with Gasteiger partial charge in [-0.15, -0.1) is 0 Å². The molecule has 0 saturated carbocycles. The number of hydrogen-bond acceptors (Lipinski definition) is 4. The van der Waals surface area contributed by atoms with E-state index >= 15 is 0 Å². The second-order valence-electron chi connectivity index (χ2n) is 1.78. The van der Waals surface area contributed by atoms with Gasteiger partial charge in [-0.1, -0.05) is 18.6 Å². The van der Waals surface area contributed by atoms with Crippen LogP contribution in [0.1, 0.15) is 0 Å². The Morgan fingerprint density at radius 2 is 2.23 bits per heavy atom. The summed E-state index contributed by atoms with van der Waals surface area (Å²) < 4.78 is 0. The standard InChI is InChI=1S/C5H4N.C3H3N2S.Y/c1-2-4-6-5-3-1;4-3-5-1-2-6-3;/h1-4H;1H,(H2,4,5);/q2*-1;. The summed E-state index contributed by atoms with van der Waals surface area (Å²) in [5.41, 5.74) is 5.15. The second-order valence-corrected chi connectivity index (χ2v) is 2.63. The fourth-order valence-electron chi connectivity index (χ4n) is 0.480. The first-order valence-corrected chi connectivity index (χ1v) is 4.05. The van der Waals surface area contributed by atoms with E-state index in [9.17, 15) is 0 Å². The summed E-state index contributed by atoms with van der Waals surface area (Å²) in [5, 5.41) is 3.31. The van der Waals surface area contributed by atoms with E-state index in [1.807, 2.05) is 12.1 Å². The predicted molar refractivity (Wildman–Crippen MR) is 48.4 cm³/mol. The van der Waals surface area contributed by atoms with E-state index in [0.717, 1.165) is 0 Å². The van der Waals surface area contributed by atoms with Crippen molar-refractivity contribution in [2.75, 3.05) is 5.73 Å². The minimum atomic E-state index is 0. The summed E-state index contributed by atoms with van der Waals surface area (Å²) >= 11 is 1.32. The van der Waals surface area contributed by atoms with E-state index in [2.05, 4.69) is 21.5 Å². The van der Waals surface area contributed by atoms with Gasteiger partial charge < -0.3 is 27.0 Å². The molecule has 2 N–H and O–H groups in total. The van der Waals surface area contributed by atoms with Crippen LogP contribution in [0.4, 0.5) is 5.13 Å². The van der Waals surface area contributed by atoms with E-state index in [0.29, 0.717) is 5.13 Å². The van der Waals surface area contributed by atoms with Crippen LogP contribution in [0.25, 0.3) is 0 Å². The molecule has 3 nitrogen and oxygen atoms in total. The Bertz CT molecular complexity index is 259. The average molecular weight is 266 g/mol. The summed E-state index contributed by atoms with van der Waals surface area (Å²) in [4.78, 5) is 7.32. The molecular weight excluding hydrogens is 259 g/mol. The number of anilines is 1.